The summed E-state index contributed by atoms with van der Waals surface area (Å²) in [6.45, 7) is 0.692. The van der Waals surface area contributed by atoms with E-state index in [2.05, 4.69) is 4.98 Å². The van der Waals surface area contributed by atoms with E-state index in [1.54, 1.807) is 18.2 Å². The molecule has 4 rings (SSSR count). The number of rotatable bonds is 2. The van der Waals surface area contributed by atoms with Gasteiger partial charge in [-0.05, 0) is 29.3 Å². The van der Waals surface area contributed by atoms with Crippen molar-refractivity contribution >= 4 is 20.9 Å². The number of phenolic OH excluding ortho intramolecular Hbond substituents is 1. The predicted molar refractivity (Wildman–Crippen MR) is 86.3 cm³/mol. The van der Waals surface area contributed by atoms with Gasteiger partial charge in [-0.2, -0.15) is 4.31 Å². The van der Waals surface area contributed by atoms with E-state index in [1.807, 2.05) is 24.3 Å². The maximum Gasteiger partial charge on any atom is 0.261 e. The summed E-state index contributed by atoms with van der Waals surface area (Å²) in [6, 6.07) is 15.8. The second kappa shape index (κ2) is 5.04. The maximum atomic E-state index is 12.8. The topological polar surface area (TPSA) is 70.5 Å². The molecule has 116 valence electrons. The van der Waals surface area contributed by atoms with E-state index >= 15 is 0 Å². The van der Waals surface area contributed by atoms with Gasteiger partial charge in [-0.1, -0.05) is 36.4 Å². The highest BCUT2D eigenvalue weighted by Crippen LogP contribution is 2.29. The Bertz CT molecular complexity index is 990. The molecule has 1 aliphatic heterocycles. The SMILES string of the molecule is O=S(=O)(c1ccc2cccc(O)c2n1)N1Cc2ccccc2C1. The summed E-state index contributed by atoms with van der Waals surface area (Å²) in [5.74, 6) is -0.0238. The van der Waals surface area contributed by atoms with E-state index in [-0.39, 0.29) is 10.8 Å². The molecule has 3 aromatic rings. The fourth-order valence-electron chi connectivity index (χ4n) is 2.86. The highest BCUT2D eigenvalue weighted by molar-refractivity contribution is 7.89. The summed E-state index contributed by atoms with van der Waals surface area (Å²) in [5, 5.41) is 10.6. The molecular weight excluding hydrogens is 312 g/mol. The van der Waals surface area contributed by atoms with Crippen molar-refractivity contribution in [2.45, 2.75) is 18.1 Å². The number of pyridine rings is 1. The first-order valence-corrected chi connectivity index (χ1v) is 8.65. The molecule has 6 heteroatoms. The summed E-state index contributed by atoms with van der Waals surface area (Å²) in [5.41, 5.74) is 2.32. The molecule has 2 heterocycles. The lowest BCUT2D eigenvalue weighted by Crippen LogP contribution is -2.26. The Morgan fingerprint density at radius 2 is 1.61 bits per heavy atom. The first kappa shape index (κ1) is 14.2. The van der Waals surface area contributed by atoms with E-state index in [0.717, 1.165) is 11.1 Å². The molecule has 1 N–H and O–H groups in total. The molecule has 0 radical (unpaired) electrons. The van der Waals surface area contributed by atoms with Gasteiger partial charge in [0.05, 0.1) is 0 Å². The number of benzene rings is 2. The number of aromatic hydroxyl groups is 1. The molecule has 23 heavy (non-hydrogen) atoms. The zero-order chi connectivity index (χ0) is 16.0. The van der Waals surface area contributed by atoms with Crippen molar-refractivity contribution in [3.63, 3.8) is 0 Å². The van der Waals surface area contributed by atoms with Crippen LogP contribution < -0.4 is 0 Å². The third-order valence-electron chi connectivity index (χ3n) is 4.09. The van der Waals surface area contributed by atoms with Crippen LogP contribution in [0.4, 0.5) is 0 Å². The summed E-state index contributed by atoms with van der Waals surface area (Å²) in [4.78, 5) is 4.17. The van der Waals surface area contributed by atoms with Crippen molar-refractivity contribution in [1.29, 1.82) is 0 Å². The molecule has 0 unspecified atom stereocenters. The van der Waals surface area contributed by atoms with E-state index in [0.29, 0.717) is 24.0 Å². The van der Waals surface area contributed by atoms with E-state index in [1.165, 1.54) is 16.4 Å². The van der Waals surface area contributed by atoms with Gasteiger partial charge in [-0.15, -0.1) is 0 Å². The van der Waals surface area contributed by atoms with Crippen LogP contribution in [-0.4, -0.2) is 22.8 Å². The second-order valence-corrected chi connectivity index (χ2v) is 7.42. The Balaban J connectivity index is 1.77. The number of aromatic nitrogens is 1. The molecule has 0 amide bonds. The fraction of sp³-hybridized carbons (Fsp3) is 0.118. The summed E-state index contributed by atoms with van der Waals surface area (Å²) < 4.78 is 27.1. The van der Waals surface area contributed by atoms with Crippen LogP contribution >= 0.6 is 0 Å². The number of hydrogen-bond acceptors (Lipinski definition) is 4. The highest BCUT2D eigenvalue weighted by atomic mass is 32.2. The Hall–Kier alpha value is -2.44. The lowest BCUT2D eigenvalue weighted by atomic mass is 10.1. The fourth-order valence-corrected chi connectivity index (χ4v) is 4.19. The highest BCUT2D eigenvalue weighted by Gasteiger charge is 2.31. The quantitative estimate of drug-likeness (QED) is 0.786. The van der Waals surface area contributed by atoms with Crippen LogP contribution in [0.3, 0.4) is 0 Å². The van der Waals surface area contributed by atoms with Crippen LogP contribution in [0.5, 0.6) is 5.75 Å². The third kappa shape index (κ3) is 2.27. The Morgan fingerprint density at radius 3 is 2.30 bits per heavy atom. The minimum atomic E-state index is -3.70. The Morgan fingerprint density at radius 1 is 0.913 bits per heavy atom. The van der Waals surface area contributed by atoms with Gasteiger partial charge in [-0.25, -0.2) is 13.4 Å². The average molecular weight is 326 g/mol. The van der Waals surface area contributed by atoms with Crippen molar-refractivity contribution < 1.29 is 13.5 Å². The zero-order valence-corrected chi connectivity index (χ0v) is 13.0. The number of sulfonamides is 1. The van der Waals surface area contributed by atoms with Crippen molar-refractivity contribution in [2.24, 2.45) is 0 Å². The minimum Gasteiger partial charge on any atom is -0.506 e. The van der Waals surface area contributed by atoms with Gasteiger partial charge >= 0.3 is 0 Å². The number of fused-ring (bicyclic) bond motifs is 2. The normalized spacial score (nSPS) is 15.0. The lowest BCUT2D eigenvalue weighted by Gasteiger charge is -2.15. The van der Waals surface area contributed by atoms with Crippen LogP contribution in [-0.2, 0) is 23.1 Å². The number of hydrogen-bond donors (Lipinski definition) is 1. The largest absolute Gasteiger partial charge is 0.506 e. The molecule has 5 nitrogen and oxygen atoms in total. The molecule has 0 atom stereocenters. The van der Waals surface area contributed by atoms with Gasteiger partial charge in [0.25, 0.3) is 10.0 Å². The number of para-hydroxylation sites is 1. The molecular formula is C17H14N2O3S. The van der Waals surface area contributed by atoms with Crippen LogP contribution in [0.1, 0.15) is 11.1 Å². The first-order chi connectivity index (χ1) is 11.1. The average Bonchev–Trinajstić information content (AvgIpc) is 3.00. The summed E-state index contributed by atoms with van der Waals surface area (Å²) >= 11 is 0. The van der Waals surface area contributed by atoms with Gasteiger partial charge in [0.15, 0.2) is 5.03 Å². The van der Waals surface area contributed by atoms with Crippen molar-refractivity contribution in [3.8, 4) is 5.75 Å². The summed E-state index contributed by atoms with van der Waals surface area (Å²) in [7, 11) is -3.70. The molecule has 0 bridgehead atoms. The van der Waals surface area contributed by atoms with Crippen molar-refractivity contribution in [2.75, 3.05) is 0 Å². The standard InChI is InChI=1S/C17H14N2O3S/c20-15-7-3-6-12-8-9-16(18-17(12)15)23(21,22)19-10-13-4-1-2-5-14(13)11-19/h1-9,20H,10-11H2. The van der Waals surface area contributed by atoms with Gasteiger partial charge in [-0.3, -0.25) is 0 Å². The second-order valence-electron chi connectivity index (χ2n) is 5.54. The molecule has 0 aliphatic carbocycles. The molecule has 2 aromatic carbocycles. The van der Waals surface area contributed by atoms with Gasteiger partial charge in [0.1, 0.15) is 11.3 Å². The van der Waals surface area contributed by atoms with Crippen LogP contribution in [0.15, 0.2) is 59.6 Å². The number of nitrogens with zero attached hydrogens (tertiary/aromatic N) is 2. The predicted octanol–water partition coefficient (Wildman–Crippen LogP) is 2.64. The molecule has 0 fully saturated rings. The molecule has 0 spiro atoms. The molecule has 0 saturated heterocycles. The first-order valence-electron chi connectivity index (χ1n) is 7.21. The zero-order valence-electron chi connectivity index (χ0n) is 12.2. The van der Waals surface area contributed by atoms with Crippen molar-refractivity contribution in [1.82, 2.24) is 9.29 Å². The monoisotopic (exact) mass is 326 g/mol. The Labute approximate surface area is 133 Å². The van der Waals surface area contributed by atoms with Gasteiger partial charge in [0.2, 0.25) is 0 Å². The van der Waals surface area contributed by atoms with E-state index in [4.69, 9.17) is 0 Å². The summed E-state index contributed by atoms with van der Waals surface area (Å²) in [6.07, 6.45) is 0. The molecule has 1 aromatic heterocycles. The van der Waals surface area contributed by atoms with Gasteiger partial charge in [0, 0.05) is 18.5 Å². The van der Waals surface area contributed by atoms with Crippen LogP contribution in [0, 0.1) is 0 Å². The smallest absolute Gasteiger partial charge is 0.261 e. The van der Waals surface area contributed by atoms with Gasteiger partial charge < -0.3 is 5.11 Å². The molecule has 1 aliphatic rings. The molecule has 0 saturated carbocycles. The maximum absolute atomic E-state index is 12.8. The van der Waals surface area contributed by atoms with E-state index < -0.39 is 10.0 Å². The minimum absolute atomic E-state index is 0.0238. The van der Waals surface area contributed by atoms with Crippen LogP contribution in [0.25, 0.3) is 10.9 Å². The number of phenols is 1. The lowest BCUT2D eigenvalue weighted by molar-refractivity contribution is 0.429. The third-order valence-corrected chi connectivity index (χ3v) is 5.78. The van der Waals surface area contributed by atoms with Crippen molar-refractivity contribution in [3.05, 3.63) is 65.7 Å². The van der Waals surface area contributed by atoms with Crippen LogP contribution in [0.2, 0.25) is 0 Å². The van der Waals surface area contributed by atoms with E-state index in [9.17, 15) is 13.5 Å². The Kier molecular flexibility index (Phi) is 3.11.